The molecule has 0 bridgehead atoms. The zero-order valence-electron chi connectivity index (χ0n) is 12.3. The Morgan fingerprint density at radius 1 is 1.12 bits per heavy atom. The van der Waals surface area contributed by atoms with Gasteiger partial charge in [-0.25, -0.2) is 0 Å². The van der Waals surface area contributed by atoms with Gasteiger partial charge in [-0.3, -0.25) is 0 Å². The molecule has 0 aliphatic heterocycles. The highest BCUT2D eigenvalue weighted by molar-refractivity contribution is 6.60. The average Bonchev–Trinajstić information content (AvgIpc) is 2.32. The maximum absolute atomic E-state index is 5.70. The van der Waals surface area contributed by atoms with E-state index in [1.807, 2.05) is 6.92 Å². The van der Waals surface area contributed by atoms with Crippen LogP contribution in [0, 0.1) is 5.41 Å². The molecular formula is C12H29NO3Si. The standard InChI is InChI=1S/C12H29NO3Si/c1-7-13-11-12(3,4)9-10-17(14-5,15-6)16-8-2/h13H,7-11H2,1-6H3. The molecule has 0 spiro atoms. The molecule has 4 nitrogen and oxygen atoms in total. The van der Waals surface area contributed by atoms with Crippen molar-refractivity contribution in [3.63, 3.8) is 0 Å². The third kappa shape index (κ3) is 6.52. The van der Waals surface area contributed by atoms with Crippen LogP contribution < -0.4 is 5.32 Å². The summed E-state index contributed by atoms with van der Waals surface area (Å²) in [4.78, 5) is 0. The van der Waals surface area contributed by atoms with Crippen molar-refractivity contribution in [1.29, 1.82) is 0 Å². The van der Waals surface area contributed by atoms with Gasteiger partial charge in [0, 0.05) is 33.4 Å². The Kier molecular flexibility index (Phi) is 8.24. The minimum absolute atomic E-state index is 0.239. The summed E-state index contributed by atoms with van der Waals surface area (Å²) < 4.78 is 16.7. The summed E-state index contributed by atoms with van der Waals surface area (Å²) in [6, 6.07) is 0.867. The number of rotatable bonds is 10. The van der Waals surface area contributed by atoms with Gasteiger partial charge in [0.25, 0.3) is 0 Å². The lowest BCUT2D eigenvalue weighted by Crippen LogP contribution is -2.45. The van der Waals surface area contributed by atoms with Crippen LogP contribution >= 0.6 is 0 Å². The van der Waals surface area contributed by atoms with Crippen molar-refractivity contribution in [2.75, 3.05) is 33.9 Å². The molecule has 0 heterocycles. The van der Waals surface area contributed by atoms with Gasteiger partial charge in [0.15, 0.2) is 0 Å². The largest absolute Gasteiger partial charge is 0.500 e. The van der Waals surface area contributed by atoms with Crippen LogP contribution in [0.2, 0.25) is 6.04 Å². The Morgan fingerprint density at radius 3 is 2.12 bits per heavy atom. The molecule has 0 amide bonds. The molecule has 0 saturated carbocycles. The van der Waals surface area contributed by atoms with Gasteiger partial charge >= 0.3 is 8.80 Å². The Hall–Kier alpha value is 0.0569. The van der Waals surface area contributed by atoms with Crippen LogP contribution in [0.4, 0.5) is 0 Å². The quantitative estimate of drug-likeness (QED) is 0.614. The van der Waals surface area contributed by atoms with Crippen LogP contribution in [0.1, 0.15) is 34.1 Å². The Labute approximate surface area is 107 Å². The molecule has 0 aliphatic carbocycles. The maximum Gasteiger partial charge on any atom is 0.500 e. The highest BCUT2D eigenvalue weighted by Crippen LogP contribution is 2.27. The van der Waals surface area contributed by atoms with E-state index in [4.69, 9.17) is 13.3 Å². The van der Waals surface area contributed by atoms with Gasteiger partial charge in [-0.1, -0.05) is 20.8 Å². The first kappa shape index (κ1) is 17.1. The topological polar surface area (TPSA) is 39.7 Å². The van der Waals surface area contributed by atoms with Crippen LogP contribution in [0.3, 0.4) is 0 Å². The second-order valence-corrected chi connectivity index (χ2v) is 7.94. The fraction of sp³-hybridized carbons (Fsp3) is 1.00. The second kappa shape index (κ2) is 8.21. The van der Waals surface area contributed by atoms with Crippen LogP contribution in [-0.4, -0.2) is 42.7 Å². The average molecular weight is 263 g/mol. The molecule has 0 rings (SSSR count). The number of hydrogen-bond acceptors (Lipinski definition) is 4. The van der Waals surface area contributed by atoms with E-state index >= 15 is 0 Å². The summed E-state index contributed by atoms with van der Waals surface area (Å²) in [6.07, 6.45) is 1.04. The number of nitrogens with one attached hydrogen (secondary N) is 1. The van der Waals surface area contributed by atoms with Crippen LogP contribution in [0.5, 0.6) is 0 Å². The summed E-state index contributed by atoms with van der Waals surface area (Å²) in [7, 11) is 0.946. The first-order chi connectivity index (χ1) is 7.95. The van der Waals surface area contributed by atoms with Gasteiger partial charge in [0.05, 0.1) is 0 Å². The highest BCUT2D eigenvalue weighted by Gasteiger charge is 2.39. The van der Waals surface area contributed by atoms with Gasteiger partial charge in [-0.05, 0) is 25.3 Å². The zero-order valence-corrected chi connectivity index (χ0v) is 13.3. The van der Waals surface area contributed by atoms with Gasteiger partial charge in [-0.2, -0.15) is 0 Å². The molecule has 0 radical (unpaired) electrons. The number of hydrogen-bond donors (Lipinski definition) is 1. The molecule has 0 unspecified atom stereocenters. The van der Waals surface area contributed by atoms with Crippen molar-refractivity contribution < 1.29 is 13.3 Å². The minimum Gasteiger partial charge on any atom is -0.377 e. The lowest BCUT2D eigenvalue weighted by Gasteiger charge is -2.31. The molecule has 17 heavy (non-hydrogen) atoms. The third-order valence-electron chi connectivity index (χ3n) is 2.95. The first-order valence-electron chi connectivity index (χ1n) is 6.40. The van der Waals surface area contributed by atoms with E-state index in [0.717, 1.165) is 25.6 Å². The van der Waals surface area contributed by atoms with Gasteiger partial charge in [-0.15, -0.1) is 0 Å². The second-order valence-electron chi connectivity index (χ2n) is 4.97. The zero-order chi connectivity index (χ0) is 13.4. The molecule has 0 aromatic rings. The molecule has 104 valence electrons. The van der Waals surface area contributed by atoms with Crippen molar-refractivity contribution in [2.45, 2.75) is 40.2 Å². The molecule has 0 aromatic heterocycles. The highest BCUT2D eigenvalue weighted by atomic mass is 28.4. The molecule has 0 aliphatic rings. The SMILES string of the molecule is CCNCC(C)(C)CC[Si](OC)(OC)OCC. The summed E-state index contributed by atoms with van der Waals surface area (Å²) >= 11 is 0. The Bertz CT molecular complexity index is 196. The van der Waals surface area contributed by atoms with Crippen LogP contribution in [0.15, 0.2) is 0 Å². The molecule has 5 heteroatoms. The van der Waals surface area contributed by atoms with Gasteiger partial charge in [0.1, 0.15) is 0 Å². The molecule has 0 atom stereocenters. The van der Waals surface area contributed by atoms with E-state index in [2.05, 4.69) is 26.1 Å². The Morgan fingerprint density at radius 2 is 1.71 bits per heavy atom. The summed E-state index contributed by atoms with van der Waals surface area (Å²) in [6.45, 7) is 11.3. The predicted octanol–water partition coefficient (Wildman–Crippen LogP) is 2.28. The van der Waals surface area contributed by atoms with Crippen molar-refractivity contribution in [1.82, 2.24) is 5.32 Å². The van der Waals surface area contributed by atoms with E-state index < -0.39 is 8.80 Å². The first-order valence-corrected chi connectivity index (χ1v) is 8.33. The minimum atomic E-state index is -2.42. The Balaban J connectivity index is 4.28. The van der Waals surface area contributed by atoms with Crippen molar-refractivity contribution in [3.05, 3.63) is 0 Å². The lowest BCUT2D eigenvalue weighted by atomic mass is 9.90. The van der Waals surface area contributed by atoms with Gasteiger partial charge < -0.3 is 18.6 Å². The van der Waals surface area contributed by atoms with Crippen LogP contribution in [0.25, 0.3) is 0 Å². The smallest absolute Gasteiger partial charge is 0.377 e. The fourth-order valence-corrected chi connectivity index (χ4v) is 4.12. The maximum atomic E-state index is 5.70. The fourth-order valence-electron chi connectivity index (χ4n) is 1.74. The van der Waals surface area contributed by atoms with Gasteiger partial charge in [0.2, 0.25) is 0 Å². The monoisotopic (exact) mass is 263 g/mol. The summed E-state index contributed by atoms with van der Waals surface area (Å²) in [5.74, 6) is 0. The summed E-state index contributed by atoms with van der Waals surface area (Å²) in [5.41, 5.74) is 0.239. The lowest BCUT2D eigenvalue weighted by molar-refractivity contribution is 0.0992. The third-order valence-corrected chi connectivity index (χ3v) is 5.78. The van der Waals surface area contributed by atoms with Crippen LogP contribution in [-0.2, 0) is 13.3 Å². The van der Waals surface area contributed by atoms with E-state index in [1.165, 1.54) is 0 Å². The molecule has 1 N–H and O–H groups in total. The van der Waals surface area contributed by atoms with E-state index in [-0.39, 0.29) is 5.41 Å². The molecular weight excluding hydrogens is 234 g/mol. The van der Waals surface area contributed by atoms with Crippen molar-refractivity contribution in [2.24, 2.45) is 5.41 Å². The molecule has 0 saturated heterocycles. The van der Waals surface area contributed by atoms with Crippen molar-refractivity contribution >= 4 is 8.80 Å². The normalized spacial score (nSPS) is 13.1. The van der Waals surface area contributed by atoms with E-state index in [1.54, 1.807) is 14.2 Å². The summed E-state index contributed by atoms with van der Waals surface area (Å²) in [5, 5.41) is 3.39. The molecule has 0 aromatic carbocycles. The molecule has 0 fully saturated rings. The van der Waals surface area contributed by atoms with E-state index in [9.17, 15) is 0 Å². The van der Waals surface area contributed by atoms with Crippen molar-refractivity contribution in [3.8, 4) is 0 Å². The predicted molar refractivity (Wildman–Crippen MR) is 73.1 cm³/mol. The van der Waals surface area contributed by atoms with E-state index in [0.29, 0.717) is 6.61 Å².